The molecule has 0 spiro atoms. The van der Waals surface area contributed by atoms with Crippen molar-refractivity contribution in [3.05, 3.63) is 45.1 Å². The molecule has 0 saturated carbocycles. The lowest BCUT2D eigenvalue weighted by atomic mass is 9.99. The predicted octanol–water partition coefficient (Wildman–Crippen LogP) is 4.30. The van der Waals surface area contributed by atoms with Crippen molar-refractivity contribution in [2.75, 3.05) is 0 Å². The van der Waals surface area contributed by atoms with Crippen LogP contribution in [-0.4, -0.2) is 20.5 Å². The lowest BCUT2D eigenvalue weighted by Crippen LogP contribution is -2.19. The second-order valence-corrected chi connectivity index (χ2v) is 9.81. The Bertz CT molecular complexity index is 908. The summed E-state index contributed by atoms with van der Waals surface area (Å²) < 4.78 is 25.5. The molecule has 1 aromatic heterocycles. The number of amides is 1. The molecule has 0 aliphatic heterocycles. The molecule has 2 rings (SSSR count). The summed E-state index contributed by atoms with van der Waals surface area (Å²) in [6.45, 7) is 7.48. The molecule has 8 heteroatoms. The van der Waals surface area contributed by atoms with Crippen LogP contribution in [0.25, 0.3) is 0 Å². The number of halogens is 1. The van der Waals surface area contributed by atoms with Gasteiger partial charge in [-0.05, 0) is 42.2 Å². The predicted molar refractivity (Wildman–Crippen MR) is 101 cm³/mol. The van der Waals surface area contributed by atoms with Crippen molar-refractivity contribution in [2.24, 2.45) is 10.5 Å². The minimum absolute atomic E-state index is 0.116. The minimum Gasteiger partial charge on any atom is -0.266 e. The second kappa shape index (κ2) is 7.27. The van der Waals surface area contributed by atoms with Gasteiger partial charge in [0, 0.05) is 16.6 Å². The van der Waals surface area contributed by atoms with Crippen LogP contribution in [0.5, 0.6) is 0 Å². The molecule has 25 heavy (non-hydrogen) atoms. The van der Waals surface area contributed by atoms with Crippen molar-refractivity contribution >= 4 is 44.9 Å². The van der Waals surface area contributed by atoms with Gasteiger partial charge in [0.1, 0.15) is 0 Å². The van der Waals surface area contributed by atoms with E-state index in [-0.39, 0.29) is 15.2 Å². The summed E-state index contributed by atoms with van der Waals surface area (Å²) in [7, 11) is -3.71. The second-order valence-electron chi connectivity index (χ2n) is 6.58. The average molecular weight is 399 g/mol. The van der Waals surface area contributed by atoms with E-state index in [2.05, 4.69) is 10.5 Å². The van der Waals surface area contributed by atoms with E-state index in [1.54, 1.807) is 13.1 Å². The lowest BCUT2D eigenvalue weighted by Gasteiger charge is -2.09. The number of hydrogen-bond acceptors (Lipinski definition) is 5. The Hall–Kier alpha value is -1.70. The zero-order valence-corrected chi connectivity index (χ0v) is 16.7. The summed E-state index contributed by atoms with van der Waals surface area (Å²) in [6.07, 6.45) is 1.62. The molecule has 2 aromatic rings. The molecule has 0 fully saturated rings. The zero-order valence-electron chi connectivity index (χ0n) is 14.3. The van der Waals surface area contributed by atoms with Gasteiger partial charge in [-0.2, -0.15) is 5.10 Å². The van der Waals surface area contributed by atoms with Crippen LogP contribution in [0.4, 0.5) is 0 Å². The highest BCUT2D eigenvalue weighted by atomic mass is 35.5. The van der Waals surface area contributed by atoms with E-state index in [1.807, 2.05) is 20.8 Å². The van der Waals surface area contributed by atoms with Gasteiger partial charge in [0.15, 0.2) is 0 Å². The molecule has 0 atom stereocenters. The van der Waals surface area contributed by atoms with Gasteiger partial charge >= 0.3 is 0 Å². The number of nitrogens with zero attached hydrogens (tertiary/aromatic N) is 1. The van der Waals surface area contributed by atoms with Crippen LogP contribution in [0.2, 0.25) is 5.02 Å². The standard InChI is InChI=1S/C17H19ClN2O3S2/c1-11-14(25(22,23)13-7-5-12(18)6-8-13)9-24-15(11)16(21)20-19-10-17(2,3)4/h5-10H,1-4H3,(H,20,21)/b19-10+. The number of hydrazone groups is 1. The fourth-order valence-electron chi connectivity index (χ4n) is 1.97. The molecule has 0 aliphatic carbocycles. The Morgan fingerprint density at radius 2 is 1.84 bits per heavy atom. The van der Waals surface area contributed by atoms with E-state index in [4.69, 9.17) is 11.6 Å². The van der Waals surface area contributed by atoms with Gasteiger partial charge in [0.2, 0.25) is 9.84 Å². The lowest BCUT2D eigenvalue weighted by molar-refractivity contribution is 0.0958. The maximum absolute atomic E-state index is 12.7. The summed E-state index contributed by atoms with van der Waals surface area (Å²) in [4.78, 5) is 12.8. The van der Waals surface area contributed by atoms with Crippen LogP contribution in [0.1, 0.15) is 36.0 Å². The summed E-state index contributed by atoms with van der Waals surface area (Å²) in [5.41, 5.74) is 2.68. The molecule has 5 nitrogen and oxygen atoms in total. The fraction of sp³-hybridized carbons (Fsp3) is 0.294. The van der Waals surface area contributed by atoms with Crippen LogP contribution in [-0.2, 0) is 9.84 Å². The molecule has 0 aliphatic rings. The highest BCUT2D eigenvalue weighted by Gasteiger charge is 2.25. The van der Waals surface area contributed by atoms with Crippen molar-refractivity contribution in [3.8, 4) is 0 Å². The Balaban J connectivity index is 2.30. The summed E-state index contributed by atoms with van der Waals surface area (Å²) in [6, 6.07) is 5.93. The molecule has 134 valence electrons. The number of carbonyl (C=O) groups excluding carboxylic acids is 1. The zero-order chi connectivity index (χ0) is 18.8. The highest BCUT2D eigenvalue weighted by Crippen LogP contribution is 2.31. The molecule has 0 saturated heterocycles. The van der Waals surface area contributed by atoms with E-state index in [1.165, 1.54) is 29.6 Å². The molecular formula is C17H19ClN2O3S2. The maximum atomic E-state index is 12.7. The monoisotopic (exact) mass is 398 g/mol. The Morgan fingerprint density at radius 1 is 1.24 bits per heavy atom. The number of benzene rings is 1. The number of carbonyl (C=O) groups is 1. The Kier molecular flexibility index (Phi) is 5.71. The first-order valence-electron chi connectivity index (χ1n) is 7.46. The number of thiophene rings is 1. The minimum atomic E-state index is -3.71. The van der Waals surface area contributed by atoms with E-state index in [9.17, 15) is 13.2 Å². The van der Waals surface area contributed by atoms with Crippen LogP contribution in [0.3, 0.4) is 0 Å². The van der Waals surface area contributed by atoms with Crippen molar-refractivity contribution in [3.63, 3.8) is 0 Å². The summed E-state index contributed by atoms with van der Waals surface area (Å²) in [5, 5.41) is 5.85. The van der Waals surface area contributed by atoms with Crippen molar-refractivity contribution in [1.29, 1.82) is 0 Å². The SMILES string of the molecule is Cc1c(S(=O)(=O)c2ccc(Cl)cc2)csc1C(=O)N/N=C/C(C)(C)C. The molecule has 1 heterocycles. The van der Waals surface area contributed by atoms with E-state index >= 15 is 0 Å². The van der Waals surface area contributed by atoms with Crippen molar-refractivity contribution in [1.82, 2.24) is 5.43 Å². The van der Waals surface area contributed by atoms with Gasteiger partial charge in [-0.1, -0.05) is 32.4 Å². The number of sulfone groups is 1. The highest BCUT2D eigenvalue weighted by molar-refractivity contribution is 7.91. The first-order valence-corrected chi connectivity index (χ1v) is 10.2. The van der Waals surface area contributed by atoms with Crippen molar-refractivity contribution in [2.45, 2.75) is 37.5 Å². The van der Waals surface area contributed by atoms with Gasteiger partial charge in [0.05, 0.1) is 14.7 Å². The normalized spacial score (nSPS) is 12.5. The van der Waals surface area contributed by atoms with Gasteiger partial charge in [-0.15, -0.1) is 11.3 Å². The molecular weight excluding hydrogens is 380 g/mol. The molecule has 0 radical (unpaired) electrons. The van der Waals surface area contributed by atoms with Gasteiger partial charge in [0.25, 0.3) is 5.91 Å². The summed E-state index contributed by atoms with van der Waals surface area (Å²) >= 11 is 6.88. The molecule has 1 N–H and O–H groups in total. The van der Waals surface area contributed by atoms with Gasteiger partial charge in [-0.3, -0.25) is 4.79 Å². The largest absolute Gasteiger partial charge is 0.281 e. The van der Waals surface area contributed by atoms with Gasteiger partial charge < -0.3 is 0 Å². The summed E-state index contributed by atoms with van der Waals surface area (Å²) in [5.74, 6) is -0.430. The molecule has 1 aromatic carbocycles. The third-order valence-electron chi connectivity index (χ3n) is 3.23. The van der Waals surface area contributed by atoms with Crippen molar-refractivity contribution < 1.29 is 13.2 Å². The van der Waals surface area contributed by atoms with Crippen LogP contribution < -0.4 is 5.43 Å². The molecule has 1 amide bonds. The topological polar surface area (TPSA) is 75.6 Å². The Labute approximate surface area is 156 Å². The van der Waals surface area contributed by atoms with E-state index in [0.29, 0.717) is 15.5 Å². The first-order chi connectivity index (χ1) is 11.5. The third-order valence-corrected chi connectivity index (χ3v) is 6.61. The Morgan fingerprint density at radius 3 is 2.40 bits per heavy atom. The fourth-order valence-corrected chi connectivity index (χ4v) is 4.90. The molecule has 0 unspecified atom stereocenters. The van der Waals surface area contributed by atoms with Crippen LogP contribution in [0, 0.1) is 12.3 Å². The van der Waals surface area contributed by atoms with E-state index in [0.717, 1.165) is 11.3 Å². The van der Waals surface area contributed by atoms with Crippen LogP contribution >= 0.6 is 22.9 Å². The maximum Gasteiger partial charge on any atom is 0.281 e. The van der Waals surface area contributed by atoms with Crippen LogP contribution in [0.15, 0.2) is 44.5 Å². The molecule has 0 bridgehead atoms. The smallest absolute Gasteiger partial charge is 0.266 e. The third kappa shape index (κ3) is 4.68. The van der Waals surface area contributed by atoms with Gasteiger partial charge in [-0.25, -0.2) is 13.8 Å². The first kappa shape index (κ1) is 19.6. The quantitative estimate of drug-likeness (QED) is 0.616. The van der Waals surface area contributed by atoms with E-state index < -0.39 is 15.7 Å². The average Bonchev–Trinajstić information content (AvgIpc) is 2.88. The number of nitrogens with one attached hydrogen (secondary N) is 1. The number of hydrogen-bond donors (Lipinski definition) is 1. The number of rotatable bonds is 4.